The van der Waals surface area contributed by atoms with Crippen LogP contribution >= 0.6 is 11.8 Å². The van der Waals surface area contributed by atoms with Crippen molar-refractivity contribution in [1.82, 2.24) is 5.32 Å². The van der Waals surface area contributed by atoms with Crippen LogP contribution in [-0.2, 0) is 5.54 Å². The van der Waals surface area contributed by atoms with Crippen LogP contribution in [0.2, 0.25) is 0 Å². The third-order valence-corrected chi connectivity index (χ3v) is 5.45. The number of anilines is 1. The minimum atomic E-state index is -1.09. The molecule has 0 saturated heterocycles. The van der Waals surface area contributed by atoms with Crippen molar-refractivity contribution >= 4 is 28.7 Å². The summed E-state index contributed by atoms with van der Waals surface area (Å²) in [6.45, 7) is 0. The summed E-state index contributed by atoms with van der Waals surface area (Å²) in [5.74, 6) is 1.97. The first-order valence-corrected chi connectivity index (χ1v) is 8.20. The number of carbonyl (C=O) groups is 1. The number of aliphatic imine (C=N–C) groups is 1. The highest BCUT2D eigenvalue weighted by molar-refractivity contribution is 8.13. The number of hydrogen-bond donors (Lipinski definition) is 3. The van der Waals surface area contributed by atoms with Gasteiger partial charge in [0.25, 0.3) is 0 Å². The third-order valence-electron chi connectivity index (χ3n) is 4.41. The number of carboxylic acid groups (broad SMARTS) is 1. The first kappa shape index (κ1) is 15.0. The molecule has 118 valence electrons. The molecular formula is C15H19N3O3S. The van der Waals surface area contributed by atoms with Gasteiger partial charge in [0, 0.05) is 17.0 Å². The van der Waals surface area contributed by atoms with Crippen molar-refractivity contribution < 1.29 is 14.6 Å². The van der Waals surface area contributed by atoms with Crippen molar-refractivity contribution in [2.45, 2.75) is 24.8 Å². The molecule has 1 aromatic carbocycles. The summed E-state index contributed by atoms with van der Waals surface area (Å²) in [5, 5.41) is 11.8. The molecule has 1 saturated carbocycles. The highest BCUT2D eigenvalue weighted by Gasteiger charge is 2.48. The fraction of sp³-hybridized carbons (Fsp3) is 0.467. The molecule has 1 aromatic rings. The fourth-order valence-electron chi connectivity index (χ4n) is 3.46. The lowest BCUT2D eigenvalue weighted by atomic mass is 9.81. The number of rotatable bonds is 2. The summed E-state index contributed by atoms with van der Waals surface area (Å²) in [4.78, 5) is 15.7. The number of amidine groups is 1. The average molecular weight is 321 g/mol. The summed E-state index contributed by atoms with van der Waals surface area (Å²) in [6.07, 6.45) is 1.93. The summed E-state index contributed by atoms with van der Waals surface area (Å²) < 4.78 is 5.50. The van der Waals surface area contributed by atoms with Gasteiger partial charge in [-0.2, -0.15) is 0 Å². The van der Waals surface area contributed by atoms with Crippen LogP contribution in [0.15, 0.2) is 23.2 Å². The van der Waals surface area contributed by atoms with E-state index in [4.69, 9.17) is 20.6 Å². The van der Waals surface area contributed by atoms with Crippen LogP contribution in [-0.4, -0.2) is 29.2 Å². The second kappa shape index (κ2) is 5.72. The number of nitrogens with zero attached hydrogens (tertiary/aromatic N) is 1. The molecule has 22 heavy (non-hydrogen) atoms. The maximum absolute atomic E-state index is 10.9. The zero-order valence-corrected chi connectivity index (χ0v) is 13.2. The van der Waals surface area contributed by atoms with E-state index in [1.165, 1.54) is 11.8 Å². The molecule has 2 atom stereocenters. The number of ether oxygens (including phenoxy) is 1. The van der Waals surface area contributed by atoms with Gasteiger partial charge in [0.1, 0.15) is 5.75 Å². The summed E-state index contributed by atoms with van der Waals surface area (Å²) in [7, 11) is 1.63. The zero-order chi connectivity index (χ0) is 15.7. The molecule has 2 aliphatic rings. The maximum Gasteiger partial charge on any atom is 0.410 e. The minimum Gasteiger partial charge on any atom is -0.496 e. The lowest BCUT2D eigenvalue weighted by Gasteiger charge is -2.37. The Kier molecular flexibility index (Phi) is 3.90. The van der Waals surface area contributed by atoms with E-state index in [0.29, 0.717) is 16.8 Å². The molecule has 0 bridgehead atoms. The van der Waals surface area contributed by atoms with Gasteiger partial charge in [-0.3, -0.25) is 10.3 Å². The molecule has 0 radical (unpaired) electrons. The van der Waals surface area contributed by atoms with Gasteiger partial charge in [0.05, 0.1) is 12.6 Å². The van der Waals surface area contributed by atoms with Crippen LogP contribution in [0.25, 0.3) is 0 Å². The minimum absolute atomic E-state index is 0.368. The molecule has 6 nitrogen and oxygen atoms in total. The molecule has 1 heterocycles. The van der Waals surface area contributed by atoms with Gasteiger partial charge in [-0.1, -0.05) is 18.2 Å². The number of thioether (sulfide) groups is 1. The van der Waals surface area contributed by atoms with Crippen molar-refractivity contribution in [3.63, 3.8) is 0 Å². The predicted octanol–water partition coefficient (Wildman–Crippen LogP) is 2.64. The van der Waals surface area contributed by atoms with Gasteiger partial charge in [0.15, 0.2) is 5.17 Å². The molecule has 3 rings (SSSR count). The predicted molar refractivity (Wildman–Crippen MR) is 87.5 cm³/mol. The summed E-state index contributed by atoms with van der Waals surface area (Å²) in [5.41, 5.74) is 7.15. The van der Waals surface area contributed by atoms with Gasteiger partial charge in [0.2, 0.25) is 0 Å². The number of fused-ring (bicyclic) bond motifs is 1. The van der Waals surface area contributed by atoms with Crippen molar-refractivity contribution in [2.75, 3.05) is 18.6 Å². The smallest absolute Gasteiger partial charge is 0.410 e. The number of nitrogen functional groups attached to an aromatic ring is 1. The Bertz CT molecular complexity index is 634. The van der Waals surface area contributed by atoms with E-state index in [9.17, 15) is 4.79 Å². The number of nitrogens with two attached hydrogens (primary N) is 1. The Morgan fingerprint density at radius 3 is 3.14 bits per heavy atom. The first-order valence-electron chi connectivity index (χ1n) is 7.22. The molecule has 0 unspecified atom stereocenters. The van der Waals surface area contributed by atoms with Crippen molar-refractivity contribution in [2.24, 2.45) is 10.9 Å². The van der Waals surface area contributed by atoms with Gasteiger partial charge >= 0.3 is 6.09 Å². The average Bonchev–Trinajstić information content (AvgIpc) is 2.90. The standard InChI is InChI=1S/C15H19N3O3S/c1-21-12-5-4-10(16)7-11(12)15-6-2-3-9(15)8-22-13(18-15)17-14(19)20/h4-5,7,9H,2-3,6,8,16H2,1H3,(H,17,18)(H,19,20)/t9-,15-/m0/s1. The van der Waals surface area contributed by atoms with E-state index < -0.39 is 11.6 Å². The SMILES string of the molecule is COc1ccc(N)cc1[C@]12CCC[C@H]1CSC(NC(=O)O)=N2. The van der Waals surface area contributed by atoms with Crippen molar-refractivity contribution in [1.29, 1.82) is 0 Å². The fourth-order valence-corrected chi connectivity index (χ4v) is 4.64. The lowest BCUT2D eigenvalue weighted by molar-refractivity contribution is 0.200. The molecule has 7 heteroatoms. The molecule has 0 spiro atoms. The van der Waals surface area contributed by atoms with E-state index in [-0.39, 0.29) is 0 Å². The Morgan fingerprint density at radius 1 is 1.59 bits per heavy atom. The zero-order valence-electron chi connectivity index (χ0n) is 12.3. The number of nitrogens with one attached hydrogen (secondary N) is 1. The van der Waals surface area contributed by atoms with Gasteiger partial charge < -0.3 is 15.6 Å². The van der Waals surface area contributed by atoms with Crippen LogP contribution < -0.4 is 15.8 Å². The molecule has 4 N–H and O–H groups in total. The van der Waals surface area contributed by atoms with Gasteiger partial charge in [-0.05, 0) is 37.0 Å². The second-order valence-electron chi connectivity index (χ2n) is 5.63. The maximum atomic E-state index is 10.9. The van der Waals surface area contributed by atoms with Crippen LogP contribution in [0.4, 0.5) is 10.5 Å². The van der Waals surface area contributed by atoms with Gasteiger partial charge in [-0.15, -0.1) is 0 Å². The number of methoxy groups -OCH3 is 1. The summed E-state index contributed by atoms with van der Waals surface area (Å²) >= 11 is 1.46. The Hall–Kier alpha value is -1.89. The quantitative estimate of drug-likeness (QED) is 0.728. The molecule has 0 aromatic heterocycles. The molecular weight excluding hydrogens is 302 g/mol. The lowest BCUT2D eigenvalue weighted by Crippen LogP contribution is -2.39. The number of benzene rings is 1. The molecule has 1 fully saturated rings. The van der Waals surface area contributed by atoms with E-state index in [1.807, 2.05) is 12.1 Å². The van der Waals surface area contributed by atoms with Crippen LogP contribution in [0.5, 0.6) is 5.75 Å². The highest BCUT2D eigenvalue weighted by atomic mass is 32.2. The van der Waals surface area contributed by atoms with E-state index in [2.05, 4.69) is 5.32 Å². The van der Waals surface area contributed by atoms with Crippen LogP contribution in [0.3, 0.4) is 0 Å². The first-order chi connectivity index (χ1) is 10.5. The molecule has 1 aliphatic carbocycles. The number of hydrogen-bond acceptors (Lipinski definition) is 5. The van der Waals surface area contributed by atoms with E-state index in [0.717, 1.165) is 36.3 Å². The molecule has 1 amide bonds. The second-order valence-corrected chi connectivity index (χ2v) is 6.64. The Labute approximate surface area is 133 Å². The third kappa shape index (κ3) is 2.49. The molecule has 1 aliphatic heterocycles. The van der Waals surface area contributed by atoms with E-state index >= 15 is 0 Å². The normalized spacial score (nSPS) is 27.0. The highest BCUT2D eigenvalue weighted by Crippen LogP contribution is 2.53. The Balaban J connectivity index is 2.11. The van der Waals surface area contributed by atoms with Gasteiger partial charge in [-0.25, -0.2) is 4.79 Å². The van der Waals surface area contributed by atoms with Crippen molar-refractivity contribution in [3.05, 3.63) is 23.8 Å². The van der Waals surface area contributed by atoms with Crippen LogP contribution in [0, 0.1) is 5.92 Å². The summed E-state index contributed by atoms with van der Waals surface area (Å²) in [6, 6.07) is 5.58. The van der Waals surface area contributed by atoms with E-state index in [1.54, 1.807) is 13.2 Å². The monoisotopic (exact) mass is 321 g/mol. The van der Waals surface area contributed by atoms with Crippen LogP contribution in [0.1, 0.15) is 24.8 Å². The Morgan fingerprint density at radius 2 is 2.41 bits per heavy atom. The topological polar surface area (TPSA) is 96.9 Å². The van der Waals surface area contributed by atoms with Crippen molar-refractivity contribution in [3.8, 4) is 5.75 Å². The number of amides is 1. The largest absolute Gasteiger partial charge is 0.496 e.